The Morgan fingerprint density at radius 2 is 2.00 bits per heavy atom. The molecule has 1 N–H and O–H groups in total. The largest absolute Gasteiger partial charge is 0.444 e. The lowest BCUT2D eigenvalue weighted by Gasteiger charge is -2.70. The number of nitrogens with one attached hydrogen (secondary N) is 1. The number of carbonyl (C=O) groups is 1. The summed E-state index contributed by atoms with van der Waals surface area (Å²) in [7, 11) is 0. The summed E-state index contributed by atoms with van der Waals surface area (Å²) in [4.78, 5) is 16.6. The minimum atomic E-state index is -0.442. The summed E-state index contributed by atoms with van der Waals surface area (Å²) in [6.45, 7) is 7.84. The van der Waals surface area contributed by atoms with Crippen molar-refractivity contribution in [1.29, 1.82) is 0 Å². The Bertz CT molecular complexity index is 552. The van der Waals surface area contributed by atoms with Crippen LogP contribution in [0.5, 0.6) is 0 Å². The molecule has 120 valence electrons. The van der Waals surface area contributed by atoms with E-state index in [2.05, 4.69) is 29.4 Å². The number of aromatic nitrogens is 1. The molecule has 0 spiro atoms. The number of amides is 1. The number of aryl methyl sites for hydroxylation is 1. The Hall–Kier alpha value is -1.58. The highest BCUT2D eigenvalue weighted by molar-refractivity contribution is 5.70. The highest BCUT2D eigenvalue weighted by atomic mass is 16.6. The number of alkyl carbamates (subject to hydrolysis) is 1. The molecule has 4 rings (SSSR count). The van der Waals surface area contributed by atoms with Gasteiger partial charge in [-0.1, -0.05) is 19.4 Å². The predicted octanol–water partition coefficient (Wildman–Crippen LogP) is 3.73. The Morgan fingerprint density at radius 3 is 2.50 bits per heavy atom. The molecule has 2 bridgehead atoms. The predicted molar refractivity (Wildman–Crippen MR) is 85.9 cm³/mol. The fourth-order valence-electron chi connectivity index (χ4n) is 3.89. The van der Waals surface area contributed by atoms with Gasteiger partial charge in [0, 0.05) is 22.8 Å². The number of pyridine rings is 1. The van der Waals surface area contributed by atoms with Crippen molar-refractivity contribution < 1.29 is 9.53 Å². The van der Waals surface area contributed by atoms with Crippen molar-refractivity contribution in [2.75, 3.05) is 0 Å². The Balaban J connectivity index is 1.56. The first-order valence-corrected chi connectivity index (χ1v) is 8.23. The van der Waals surface area contributed by atoms with Crippen LogP contribution in [0.15, 0.2) is 18.3 Å². The first kappa shape index (κ1) is 15.3. The van der Waals surface area contributed by atoms with Crippen LogP contribution in [0.4, 0.5) is 4.79 Å². The van der Waals surface area contributed by atoms with Crippen LogP contribution >= 0.6 is 0 Å². The second-order valence-corrected chi connectivity index (χ2v) is 8.02. The zero-order valence-electron chi connectivity index (χ0n) is 14.0. The molecule has 3 aliphatic rings. The molecule has 1 aromatic heterocycles. The maximum atomic E-state index is 11.9. The molecule has 0 unspecified atom stereocenters. The molecule has 0 radical (unpaired) electrons. The molecule has 1 aromatic rings. The standard InChI is InChI=1S/C18H26N2O2/c1-5-6-13-7-8-14(19-9-13)17-10-18(11-17,12-17)20-15(21)22-16(2,3)4/h7-9H,5-6,10-12H2,1-4H3,(H,20,21). The molecule has 0 saturated heterocycles. The smallest absolute Gasteiger partial charge is 0.408 e. The van der Waals surface area contributed by atoms with Gasteiger partial charge in [0.25, 0.3) is 0 Å². The van der Waals surface area contributed by atoms with Gasteiger partial charge >= 0.3 is 6.09 Å². The number of ether oxygens (including phenoxy) is 1. The van der Waals surface area contributed by atoms with Crippen molar-refractivity contribution >= 4 is 6.09 Å². The van der Waals surface area contributed by atoms with Crippen molar-refractivity contribution in [3.05, 3.63) is 29.6 Å². The minimum absolute atomic E-state index is 0.0495. The molecule has 3 aliphatic carbocycles. The molecule has 1 heterocycles. The maximum Gasteiger partial charge on any atom is 0.408 e. The average molecular weight is 302 g/mol. The van der Waals surface area contributed by atoms with Gasteiger partial charge < -0.3 is 10.1 Å². The van der Waals surface area contributed by atoms with Crippen LogP contribution in [0, 0.1) is 0 Å². The van der Waals surface area contributed by atoms with Crippen molar-refractivity contribution in [3.8, 4) is 0 Å². The molecule has 4 nitrogen and oxygen atoms in total. The number of nitrogens with zero attached hydrogens (tertiary/aromatic N) is 1. The van der Waals surface area contributed by atoms with Gasteiger partial charge in [0.1, 0.15) is 5.60 Å². The molecule has 0 aromatic carbocycles. The second-order valence-electron chi connectivity index (χ2n) is 8.02. The van der Waals surface area contributed by atoms with Crippen molar-refractivity contribution in [3.63, 3.8) is 0 Å². The fraction of sp³-hybridized carbons (Fsp3) is 0.667. The van der Waals surface area contributed by atoms with Crippen LogP contribution in [0.25, 0.3) is 0 Å². The molecular formula is C18H26N2O2. The second kappa shape index (κ2) is 4.97. The summed E-state index contributed by atoms with van der Waals surface area (Å²) >= 11 is 0. The van der Waals surface area contributed by atoms with E-state index in [0.29, 0.717) is 0 Å². The molecule has 0 atom stereocenters. The topological polar surface area (TPSA) is 51.2 Å². The van der Waals surface area contributed by atoms with E-state index >= 15 is 0 Å². The van der Waals surface area contributed by atoms with Gasteiger partial charge in [0.2, 0.25) is 0 Å². The quantitative estimate of drug-likeness (QED) is 0.922. The monoisotopic (exact) mass is 302 g/mol. The third-order valence-electron chi connectivity index (χ3n) is 4.70. The van der Waals surface area contributed by atoms with E-state index in [9.17, 15) is 4.79 Å². The zero-order valence-corrected chi connectivity index (χ0v) is 14.0. The molecular weight excluding hydrogens is 276 g/mol. The van der Waals surface area contributed by atoms with Crippen LogP contribution in [-0.2, 0) is 16.6 Å². The van der Waals surface area contributed by atoms with E-state index in [1.807, 2.05) is 27.0 Å². The Kier molecular flexibility index (Phi) is 3.46. The lowest BCUT2D eigenvalue weighted by Crippen LogP contribution is -2.77. The van der Waals surface area contributed by atoms with Gasteiger partial charge in [-0.05, 0) is 58.1 Å². The summed E-state index contributed by atoms with van der Waals surface area (Å²) in [5, 5.41) is 3.05. The molecule has 4 heteroatoms. The maximum absolute atomic E-state index is 11.9. The van der Waals surface area contributed by atoms with Gasteiger partial charge in [-0.25, -0.2) is 4.79 Å². The van der Waals surface area contributed by atoms with E-state index in [4.69, 9.17) is 4.74 Å². The molecule has 3 fully saturated rings. The minimum Gasteiger partial charge on any atom is -0.444 e. The highest BCUT2D eigenvalue weighted by Gasteiger charge is 2.70. The van der Waals surface area contributed by atoms with Crippen molar-refractivity contribution in [2.45, 2.75) is 76.4 Å². The number of carbonyl (C=O) groups excluding carboxylic acids is 1. The molecule has 0 aliphatic heterocycles. The third kappa shape index (κ3) is 2.71. The molecule has 1 amide bonds. The van der Waals surface area contributed by atoms with E-state index in [-0.39, 0.29) is 17.0 Å². The van der Waals surface area contributed by atoms with Crippen molar-refractivity contribution in [2.24, 2.45) is 0 Å². The summed E-state index contributed by atoms with van der Waals surface area (Å²) in [6.07, 6.45) is 6.90. The fourth-order valence-corrected chi connectivity index (χ4v) is 3.89. The van der Waals surface area contributed by atoms with Crippen LogP contribution in [0.3, 0.4) is 0 Å². The normalized spacial score (nSPS) is 29.3. The average Bonchev–Trinajstić information content (AvgIpc) is 2.31. The summed E-state index contributed by atoms with van der Waals surface area (Å²) in [6, 6.07) is 4.36. The van der Waals surface area contributed by atoms with Crippen LogP contribution < -0.4 is 5.32 Å². The first-order valence-electron chi connectivity index (χ1n) is 8.23. The van der Waals surface area contributed by atoms with Gasteiger partial charge in [-0.2, -0.15) is 0 Å². The Labute approximate surface area is 132 Å². The summed E-state index contributed by atoms with van der Waals surface area (Å²) in [5.41, 5.74) is 2.19. The van der Waals surface area contributed by atoms with Gasteiger partial charge in [0.05, 0.1) is 0 Å². The van der Waals surface area contributed by atoms with E-state index in [0.717, 1.165) is 32.1 Å². The van der Waals surface area contributed by atoms with Gasteiger partial charge in [0.15, 0.2) is 0 Å². The lowest BCUT2D eigenvalue weighted by atomic mass is 9.38. The number of hydrogen-bond donors (Lipinski definition) is 1. The highest BCUT2D eigenvalue weighted by Crippen LogP contribution is 2.67. The SMILES string of the molecule is CCCc1ccc(C23CC(NC(=O)OC(C)(C)C)(C2)C3)nc1. The molecule has 22 heavy (non-hydrogen) atoms. The summed E-state index contributed by atoms with van der Waals surface area (Å²) < 4.78 is 5.35. The van der Waals surface area contributed by atoms with Crippen LogP contribution in [-0.4, -0.2) is 22.2 Å². The lowest BCUT2D eigenvalue weighted by molar-refractivity contribution is -0.0908. The number of rotatable bonds is 4. The Morgan fingerprint density at radius 1 is 1.32 bits per heavy atom. The van der Waals surface area contributed by atoms with E-state index in [1.165, 1.54) is 11.3 Å². The molecule has 3 saturated carbocycles. The third-order valence-corrected chi connectivity index (χ3v) is 4.70. The van der Waals surface area contributed by atoms with E-state index in [1.54, 1.807) is 0 Å². The van der Waals surface area contributed by atoms with Crippen molar-refractivity contribution in [1.82, 2.24) is 10.3 Å². The number of hydrogen-bond acceptors (Lipinski definition) is 3. The first-order chi connectivity index (χ1) is 10.3. The van der Waals surface area contributed by atoms with Crippen LogP contribution in [0.2, 0.25) is 0 Å². The van der Waals surface area contributed by atoms with Gasteiger partial charge in [-0.15, -0.1) is 0 Å². The summed E-state index contributed by atoms with van der Waals surface area (Å²) in [5.74, 6) is 0. The van der Waals surface area contributed by atoms with E-state index < -0.39 is 5.60 Å². The van der Waals surface area contributed by atoms with Gasteiger partial charge in [-0.3, -0.25) is 4.98 Å². The van der Waals surface area contributed by atoms with Crippen LogP contribution in [0.1, 0.15) is 64.6 Å². The zero-order chi connectivity index (χ0) is 16.0.